The largest absolute Gasteiger partial charge is 0.345 e. The normalized spacial score (nSPS) is 12.5. The van der Waals surface area contributed by atoms with E-state index in [0.717, 1.165) is 29.8 Å². The van der Waals surface area contributed by atoms with Gasteiger partial charge in [-0.15, -0.1) is 0 Å². The molecule has 30 heavy (non-hydrogen) atoms. The van der Waals surface area contributed by atoms with Crippen molar-refractivity contribution >= 4 is 17.5 Å². The fourth-order valence-corrected chi connectivity index (χ4v) is 3.65. The molecule has 1 N–H and O–H groups in total. The maximum Gasteiger partial charge on any atom is 0.276 e. The molecule has 0 radical (unpaired) electrons. The molecule has 0 atom stereocenters. The number of hydrogen-bond acceptors (Lipinski definition) is 3. The minimum atomic E-state index is -0.975. The first-order valence-electron chi connectivity index (χ1n) is 9.55. The predicted octanol–water partition coefficient (Wildman–Crippen LogP) is 3.59. The molecule has 0 spiro atoms. The van der Waals surface area contributed by atoms with Crippen molar-refractivity contribution in [1.82, 2.24) is 14.7 Å². The summed E-state index contributed by atoms with van der Waals surface area (Å²) >= 11 is 0. The molecule has 4 rings (SSSR count). The molecule has 0 saturated carbocycles. The second-order valence-corrected chi connectivity index (χ2v) is 7.34. The van der Waals surface area contributed by atoms with Crippen molar-refractivity contribution in [1.29, 1.82) is 0 Å². The van der Waals surface area contributed by atoms with Gasteiger partial charge in [-0.2, -0.15) is 5.10 Å². The van der Waals surface area contributed by atoms with Crippen LogP contribution >= 0.6 is 0 Å². The second kappa shape index (κ2) is 7.70. The zero-order chi connectivity index (χ0) is 21.4. The number of para-hydroxylation sites is 1. The van der Waals surface area contributed by atoms with E-state index in [-0.39, 0.29) is 11.6 Å². The number of nitrogens with one attached hydrogen (secondary N) is 1. The molecule has 1 aliphatic carbocycles. The third-order valence-corrected chi connectivity index (χ3v) is 5.10. The Morgan fingerprint density at radius 2 is 1.83 bits per heavy atom. The van der Waals surface area contributed by atoms with Crippen molar-refractivity contribution in [2.75, 3.05) is 19.4 Å². The van der Waals surface area contributed by atoms with Gasteiger partial charge in [-0.1, -0.05) is 12.1 Å². The van der Waals surface area contributed by atoms with Gasteiger partial charge in [0.15, 0.2) is 17.3 Å². The third kappa shape index (κ3) is 3.45. The first-order chi connectivity index (χ1) is 14.4. The van der Waals surface area contributed by atoms with E-state index in [1.54, 1.807) is 38.4 Å². The lowest BCUT2D eigenvalue weighted by Gasteiger charge is -2.14. The Morgan fingerprint density at radius 1 is 1.07 bits per heavy atom. The Bertz CT molecular complexity index is 1150. The summed E-state index contributed by atoms with van der Waals surface area (Å²) in [6, 6.07) is 10.3. The lowest BCUT2D eigenvalue weighted by atomic mass is 10.1. The van der Waals surface area contributed by atoms with Gasteiger partial charge in [0.25, 0.3) is 11.8 Å². The Labute approximate surface area is 172 Å². The van der Waals surface area contributed by atoms with Crippen molar-refractivity contribution in [3.05, 3.63) is 76.6 Å². The molecule has 6 nitrogen and oxygen atoms in total. The number of rotatable bonds is 4. The fraction of sp³-hybridized carbons (Fsp3) is 0.227. The Morgan fingerprint density at radius 3 is 2.57 bits per heavy atom. The van der Waals surface area contributed by atoms with Crippen LogP contribution in [0.3, 0.4) is 0 Å². The van der Waals surface area contributed by atoms with Gasteiger partial charge in [0.2, 0.25) is 0 Å². The highest BCUT2D eigenvalue weighted by Gasteiger charge is 2.28. The summed E-state index contributed by atoms with van der Waals surface area (Å²) < 4.78 is 28.5. The molecule has 0 saturated heterocycles. The summed E-state index contributed by atoms with van der Waals surface area (Å²) in [4.78, 5) is 26.9. The van der Waals surface area contributed by atoms with Gasteiger partial charge in [0.05, 0.1) is 16.9 Å². The molecule has 0 fully saturated rings. The van der Waals surface area contributed by atoms with E-state index in [9.17, 15) is 18.4 Å². The first-order valence-corrected chi connectivity index (χ1v) is 9.55. The van der Waals surface area contributed by atoms with Gasteiger partial charge in [-0.25, -0.2) is 13.5 Å². The number of nitrogens with zero attached hydrogens (tertiary/aromatic N) is 3. The smallest absolute Gasteiger partial charge is 0.276 e. The van der Waals surface area contributed by atoms with E-state index in [2.05, 4.69) is 10.4 Å². The van der Waals surface area contributed by atoms with Gasteiger partial charge < -0.3 is 10.2 Å². The Hall–Kier alpha value is -3.55. The topological polar surface area (TPSA) is 67.2 Å². The number of anilines is 1. The van der Waals surface area contributed by atoms with Crippen molar-refractivity contribution in [3.63, 3.8) is 0 Å². The van der Waals surface area contributed by atoms with Crippen molar-refractivity contribution in [2.24, 2.45) is 0 Å². The summed E-state index contributed by atoms with van der Waals surface area (Å²) in [5, 5.41) is 7.18. The van der Waals surface area contributed by atoms with E-state index in [1.165, 1.54) is 15.6 Å². The minimum Gasteiger partial charge on any atom is -0.345 e. The van der Waals surface area contributed by atoms with Crippen LogP contribution in [0, 0.1) is 11.6 Å². The molecule has 0 unspecified atom stereocenters. The van der Waals surface area contributed by atoms with Crippen LogP contribution in [0.25, 0.3) is 5.69 Å². The van der Waals surface area contributed by atoms with Crippen molar-refractivity contribution in [3.8, 4) is 5.69 Å². The summed E-state index contributed by atoms with van der Waals surface area (Å²) in [6.07, 6.45) is 2.19. The summed E-state index contributed by atoms with van der Waals surface area (Å²) in [7, 11) is 3.27. The number of hydrogen-bond donors (Lipinski definition) is 1. The molecule has 3 aromatic rings. The molecular weight excluding hydrogens is 390 g/mol. The van der Waals surface area contributed by atoms with Crippen LogP contribution in [0.5, 0.6) is 0 Å². The van der Waals surface area contributed by atoms with Crippen LogP contribution in [-0.2, 0) is 12.8 Å². The number of amides is 2. The van der Waals surface area contributed by atoms with Gasteiger partial charge in [-0.3, -0.25) is 9.59 Å². The zero-order valence-corrected chi connectivity index (χ0v) is 16.6. The lowest BCUT2D eigenvalue weighted by Crippen LogP contribution is -2.24. The second-order valence-electron chi connectivity index (χ2n) is 7.34. The number of benzene rings is 2. The van der Waals surface area contributed by atoms with E-state index in [4.69, 9.17) is 0 Å². The highest BCUT2D eigenvalue weighted by atomic mass is 19.2. The van der Waals surface area contributed by atoms with Crippen molar-refractivity contribution < 1.29 is 18.4 Å². The number of halogens is 2. The van der Waals surface area contributed by atoms with E-state index in [1.807, 2.05) is 0 Å². The molecule has 154 valence electrons. The Kier molecular flexibility index (Phi) is 5.07. The van der Waals surface area contributed by atoms with Gasteiger partial charge in [-0.05, 0) is 43.5 Å². The van der Waals surface area contributed by atoms with Crippen LogP contribution in [-0.4, -0.2) is 40.6 Å². The Balaban J connectivity index is 1.70. The van der Waals surface area contributed by atoms with Crippen LogP contribution < -0.4 is 5.32 Å². The molecule has 0 bridgehead atoms. The zero-order valence-electron chi connectivity index (χ0n) is 16.6. The first kappa shape index (κ1) is 19.8. The molecule has 2 amide bonds. The SMILES string of the molecule is CN(C)C(=O)c1ccccc1NC(=O)c1nn(-c2ccc(F)c(F)c2)c2c1CCC2. The van der Waals surface area contributed by atoms with Crippen LogP contribution in [0.1, 0.15) is 38.5 Å². The van der Waals surface area contributed by atoms with Crippen LogP contribution in [0.15, 0.2) is 42.5 Å². The van der Waals surface area contributed by atoms with Crippen molar-refractivity contribution in [2.45, 2.75) is 19.3 Å². The highest BCUT2D eigenvalue weighted by Crippen LogP contribution is 2.29. The summed E-state index contributed by atoms with van der Waals surface area (Å²) in [6.45, 7) is 0. The van der Waals surface area contributed by atoms with Crippen LogP contribution in [0.4, 0.5) is 14.5 Å². The molecular formula is C22H20F2N4O2. The molecule has 8 heteroatoms. The van der Waals surface area contributed by atoms with E-state index >= 15 is 0 Å². The molecule has 2 aromatic carbocycles. The van der Waals surface area contributed by atoms with Gasteiger partial charge in [0, 0.05) is 31.4 Å². The number of carbonyl (C=O) groups excluding carboxylic acids is 2. The monoisotopic (exact) mass is 410 g/mol. The summed E-state index contributed by atoms with van der Waals surface area (Å²) in [5.74, 6) is -2.60. The van der Waals surface area contributed by atoms with Crippen LogP contribution in [0.2, 0.25) is 0 Å². The lowest BCUT2D eigenvalue weighted by molar-refractivity contribution is 0.0828. The number of fused-ring (bicyclic) bond motifs is 1. The third-order valence-electron chi connectivity index (χ3n) is 5.10. The average Bonchev–Trinajstić information content (AvgIpc) is 3.32. The predicted molar refractivity (Wildman–Crippen MR) is 108 cm³/mol. The maximum atomic E-state index is 13.7. The quantitative estimate of drug-likeness (QED) is 0.715. The molecule has 0 aliphatic heterocycles. The number of aromatic nitrogens is 2. The fourth-order valence-electron chi connectivity index (χ4n) is 3.65. The number of carbonyl (C=O) groups is 2. The van der Waals surface area contributed by atoms with Gasteiger partial charge >= 0.3 is 0 Å². The molecule has 1 aromatic heterocycles. The molecule has 1 aliphatic rings. The molecule has 1 heterocycles. The average molecular weight is 410 g/mol. The minimum absolute atomic E-state index is 0.222. The standard InChI is InChI=1S/C22H20F2N4O2/c1-27(2)22(30)14-6-3-4-8-18(14)25-21(29)20-15-7-5-9-19(15)28(26-20)13-10-11-16(23)17(24)12-13/h3-4,6,8,10-12H,5,7,9H2,1-2H3,(H,25,29). The van der Waals surface area contributed by atoms with E-state index < -0.39 is 17.5 Å². The maximum absolute atomic E-state index is 13.7. The summed E-state index contributed by atoms with van der Waals surface area (Å²) in [5.41, 5.74) is 2.92. The highest BCUT2D eigenvalue weighted by molar-refractivity contribution is 6.08. The van der Waals surface area contributed by atoms with Gasteiger partial charge in [0.1, 0.15) is 0 Å². The van der Waals surface area contributed by atoms with E-state index in [0.29, 0.717) is 29.8 Å².